The number of phosphoric ester groups is 1. The van der Waals surface area contributed by atoms with Crippen molar-refractivity contribution in [1.82, 2.24) is 0 Å². The van der Waals surface area contributed by atoms with Crippen LogP contribution >= 0.6 is 7.82 Å². The minimum atomic E-state index is -4.54. The Kier molecular flexibility index (Phi) is 15.9. The molecule has 4 nitrogen and oxygen atoms in total. The van der Waals surface area contributed by atoms with E-state index in [1.807, 2.05) is 0 Å². The van der Waals surface area contributed by atoms with E-state index in [0.29, 0.717) is 17.8 Å². The second-order valence-electron chi connectivity index (χ2n) is 9.65. The summed E-state index contributed by atoms with van der Waals surface area (Å²) in [6.45, 7) is 13.3. The van der Waals surface area contributed by atoms with Crippen LogP contribution in [0.4, 0.5) is 0 Å². The first-order chi connectivity index (χ1) is 13.6. The number of hydrogen-bond acceptors (Lipinski definition) is 2. The first kappa shape index (κ1) is 29.1. The normalized spacial score (nSPS) is 16.7. The Bertz CT molecular complexity index is 415. The van der Waals surface area contributed by atoms with Gasteiger partial charge in [-0.2, -0.15) is 0 Å². The van der Waals surface area contributed by atoms with Gasteiger partial charge < -0.3 is 9.79 Å². The largest absolute Gasteiger partial charge is 0.470 e. The zero-order valence-corrected chi connectivity index (χ0v) is 21.2. The molecule has 2 unspecified atom stereocenters. The molecule has 0 amide bonds. The lowest BCUT2D eigenvalue weighted by atomic mass is 9.76. The predicted octanol–water partition coefficient (Wildman–Crippen LogP) is 8.26. The highest BCUT2D eigenvalue weighted by molar-refractivity contribution is 7.46. The van der Waals surface area contributed by atoms with Crippen LogP contribution in [-0.4, -0.2) is 15.4 Å². The van der Waals surface area contributed by atoms with E-state index in [0.717, 1.165) is 77.0 Å². The SMILES string of the molecule is CCCCC(CC)CC(CCCCC(C)C)(CC(CC)CCCC)OP(=O)(O)O. The fourth-order valence-corrected chi connectivity index (χ4v) is 5.34. The lowest BCUT2D eigenvalue weighted by Gasteiger charge is -2.39. The van der Waals surface area contributed by atoms with Crippen molar-refractivity contribution in [3.63, 3.8) is 0 Å². The third kappa shape index (κ3) is 14.7. The average molecular weight is 435 g/mol. The van der Waals surface area contributed by atoms with E-state index >= 15 is 0 Å². The molecule has 176 valence electrons. The van der Waals surface area contributed by atoms with Gasteiger partial charge in [-0.25, -0.2) is 4.57 Å². The highest BCUT2D eigenvalue weighted by Gasteiger charge is 2.40. The molecule has 0 radical (unpaired) electrons. The molecule has 0 saturated heterocycles. The van der Waals surface area contributed by atoms with Crippen LogP contribution in [0.3, 0.4) is 0 Å². The molecule has 0 aliphatic rings. The zero-order chi connectivity index (χ0) is 22.3. The van der Waals surface area contributed by atoms with Gasteiger partial charge in [0.2, 0.25) is 0 Å². The van der Waals surface area contributed by atoms with Gasteiger partial charge in [0.25, 0.3) is 0 Å². The lowest BCUT2D eigenvalue weighted by molar-refractivity contribution is -0.0188. The van der Waals surface area contributed by atoms with Crippen molar-refractivity contribution in [3.8, 4) is 0 Å². The monoisotopic (exact) mass is 434 g/mol. The molecule has 0 aliphatic heterocycles. The summed E-state index contributed by atoms with van der Waals surface area (Å²) in [4.78, 5) is 19.6. The van der Waals surface area contributed by atoms with Gasteiger partial charge >= 0.3 is 7.82 Å². The van der Waals surface area contributed by atoms with Crippen LogP contribution in [0, 0.1) is 17.8 Å². The summed E-state index contributed by atoms with van der Waals surface area (Å²) in [5.74, 6) is 1.60. The van der Waals surface area contributed by atoms with Crippen molar-refractivity contribution in [1.29, 1.82) is 0 Å². The Labute approximate surface area is 181 Å². The summed E-state index contributed by atoms with van der Waals surface area (Å²) in [7, 11) is -4.54. The van der Waals surface area contributed by atoms with Crippen molar-refractivity contribution in [2.75, 3.05) is 0 Å². The smallest absolute Gasteiger partial charge is 0.303 e. The third-order valence-electron chi connectivity index (χ3n) is 6.38. The maximum absolute atomic E-state index is 12.0. The number of unbranched alkanes of at least 4 members (excludes halogenated alkanes) is 3. The van der Waals surface area contributed by atoms with Crippen molar-refractivity contribution < 1.29 is 18.9 Å². The molecule has 5 heteroatoms. The highest BCUT2D eigenvalue weighted by atomic mass is 31.2. The van der Waals surface area contributed by atoms with Gasteiger partial charge in [0.15, 0.2) is 0 Å². The number of rotatable bonds is 19. The fraction of sp³-hybridized carbons (Fsp3) is 1.00. The van der Waals surface area contributed by atoms with Gasteiger partial charge in [-0.1, -0.05) is 112 Å². The number of hydrogen-bond donors (Lipinski definition) is 2. The third-order valence-corrected chi connectivity index (χ3v) is 7.01. The van der Waals surface area contributed by atoms with Gasteiger partial charge in [-0.05, 0) is 37.0 Å². The van der Waals surface area contributed by atoms with Crippen LogP contribution in [0.2, 0.25) is 0 Å². The quantitative estimate of drug-likeness (QED) is 0.159. The minimum absolute atomic E-state index is 0.468. The van der Waals surface area contributed by atoms with E-state index < -0.39 is 13.4 Å². The first-order valence-corrected chi connectivity index (χ1v) is 13.9. The van der Waals surface area contributed by atoms with Crippen molar-refractivity contribution in [2.45, 2.75) is 137 Å². The van der Waals surface area contributed by atoms with E-state index in [4.69, 9.17) is 4.52 Å². The van der Waals surface area contributed by atoms with E-state index in [9.17, 15) is 14.4 Å². The van der Waals surface area contributed by atoms with Gasteiger partial charge in [-0.15, -0.1) is 0 Å². The molecule has 0 aliphatic carbocycles. The highest BCUT2D eigenvalue weighted by Crippen LogP contribution is 2.49. The molecule has 0 bridgehead atoms. The van der Waals surface area contributed by atoms with Crippen LogP contribution in [0.15, 0.2) is 0 Å². The molecule has 0 aromatic rings. The molecule has 0 fully saturated rings. The minimum Gasteiger partial charge on any atom is -0.303 e. The second-order valence-corrected chi connectivity index (χ2v) is 10.8. The summed E-state index contributed by atoms with van der Waals surface area (Å²) in [5.41, 5.74) is -0.696. The molecule has 0 spiro atoms. The van der Waals surface area contributed by atoms with Crippen LogP contribution in [0.25, 0.3) is 0 Å². The van der Waals surface area contributed by atoms with Crippen LogP contribution in [-0.2, 0) is 9.09 Å². The maximum atomic E-state index is 12.0. The van der Waals surface area contributed by atoms with Gasteiger partial charge in [-0.3, -0.25) is 4.52 Å². The molecule has 29 heavy (non-hydrogen) atoms. The average Bonchev–Trinajstić information content (AvgIpc) is 2.64. The molecular weight excluding hydrogens is 383 g/mol. The maximum Gasteiger partial charge on any atom is 0.470 e. The second kappa shape index (κ2) is 15.8. The Morgan fingerprint density at radius 2 is 1.28 bits per heavy atom. The molecular formula is C24H51O4P. The molecule has 0 rings (SSSR count). The van der Waals surface area contributed by atoms with Crippen LogP contribution in [0.1, 0.15) is 131 Å². The summed E-state index contributed by atoms with van der Waals surface area (Å²) in [6.07, 6.45) is 14.5. The summed E-state index contributed by atoms with van der Waals surface area (Å²) < 4.78 is 17.8. The molecule has 0 saturated carbocycles. The van der Waals surface area contributed by atoms with Crippen LogP contribution < -0.4 is 0 Å². The lowest BCUT2D eigenvalue weighted by Crippen LogP contribution is -2.37. The van der Waals surface area contributed by atoms with E-state index in [1.54, 1.807) is 0 Å². The van der Waals surface area contributed by atoms with E-state index in [2.05, 4.69) is 41.5 Å². The van der Waals surface area contributed by atoms with Crippen molar-refractivity contribution in [2.24, 2.45) is 17.8 Å². The Balaban J connectivity index is 5.59. The molecule has 0 aromatic carbocycles. The molecule has 0 aromatic heterocycles. The topological polar surface area (TPSA) is 66.8 Å². The zero-order valence-electron chi connectivity index (χ0n) is 20.3. The van der Waals surface area contributed by atoms with Gasteiger partial charge in [0, 0.05) is 0 Å². The molecule has 2 N–H and O–H groups in total. The van der Waals surface area contributed by atoms with Gasteiger partial charge in [0.05, 0.1) is 5.60 Å². The Morgan fingerprint density at radius 1 is 0.793 bits per heavy atom. The summed E-state index contributed by atoms with van der Waals surface area (Å²) in [6, 6.07) is 0. The van der Waals surface area contributed by atoms with E-state index in [1.165, 1.54) is 12.8 Å². The van der Waals surface area contributed by atoms with Gasteiger partial charge in [0.1, 0.15) is 0 Å². The predicted molar refractivity (Wildman–Crippen MR) is 125 cm³/mol. The summed E-state index contributed by atoms with van der Waals surface area (Å²) in [5, 5.41) is 0. The van der Waals surface area contributed by atoms with Crippen molar-refractivity contribution in [3.05, 3.63) is 0 Å². The standard InChI is InChI=1S/C24H51O4P/c1-7-11-16-22(9-3)19-24(28-29(25,26)27,18-14-13-15-21(5)6)20-23(10-4)17-12-8-2/h21-23H,7-20H2,1-6H3,(H2,25,26,27). The molecule has 2 atom stereocenters. The Hall–Kier alpha value is 0.110. The Morgan fingerprint density at radius 3 is 1.62 bits per heavy atom. The first-order valence-electron chi connectivity index (χ1n) is 12.4. The number of phosphoric acid groups is 1. The van der Waals surface area contributed by atoms with Crippen molar-refractivity contribution >= 4 is 7.82 Å². The molecule has 0 heterocycles. The van der Waals surface area contributed by atoms with E-state index in [-0.39, 0.29) is 0 Å². The van der Waals surface area contributed by atoms with Crippen LogP contribution in [0.5, 0.6) is 0 Å². The fourth-order valence-electron chi connectivity index (χ4n) is 4.60. The summed E-state index contributed by atoms with van der Waals surface area (Å²) >= 11 is 0.